The minimum Gasteiger partial charge on any atom is -0.443 e. The summed E-state index contributed by atoms with van der Waals surface area (Å²) in [5.74, 6) is -0.860. The molecule has 0 aliphatic carbocycles. The summed E-state index contributed by atoms with van der Waals surface area (Å²) in [4.78, 5) is 29.9. The van der Waals surface area contributed by atoms with Gasteiger partial charge in [0.1, 0.15) is 17.1 Å². The molecule has 222 valence electrons. The summed E-state index contributed by atoms with van der Waals surface area (Å²) >= 11 is 0. The van der Waals surface area contributed by atoms with Crippen LogP contribution in [0.25, 0.3) is 22.1 Å². The Balaban J connectivity index is 1.37. The van der Waals surface area contributed by atoms with Gasteiger partial charge in [-0.15, -0.1) is 0 Å². The van der Waals surface area contributed by atoms with Crippen LogP contribution in [0.2, 0.25) is 0 Å². The zero-order valence-electron chi connectivity index (χ0n) is 22.7. The number of pyridine rings is 2. The molecule has 0 spiro atoms. The van der Waals surface area contributed by atoms with Crippen molar-refractivity contribution >= 4 is 26.8 Å². The first kappa shape index (κ1) is 29.6. The van der Waals surface area contributed by atoms with Gasteiger partial charge in [-0.2, -0.15) is 17.5 Å². The Morgan fingerprint density at radius 1 is 1.14 bits per heavy atom. The van der Waals surface area contributed by atoms with Crippen LogP contribution < -0.4 is 5.56 Å². The smallest absolute Gasteiger partial charge is 0.433 e. The van der Waals surface area contributed by atoms with E-state index in [1.807, 2.05) is 0 Å². The topological polar surface area (TPSA) is 102 Å². The molecule has 5 rings (SSSR count). The molecule has 1 aliphatic heterocycles. The van der Waals surface area contributed by atoms with Crippen LogP contribution in [0.5, 0.6) is 0 Å². The Labute approximate surface area is 238 Å². The Kier molecular flexibility index (Phi) is 7.84. The van der Waals surface area contributed by atoms with Gasteiger partial charge in [-0.1, -0.05) is 6.07 Å². The lowest BCUT2D eigenvalue weighted by Gasteiger charge is -2.22. The molecule has 1 saturated heterocycles. The highest BCUT2D eigenvalue weighted by atomic mass is 32.2. The fraction of sp³-hybridized carbons (Fsp3) is 0.345. The lowest BCUT2D eigenvalue weighted by Crippen LogP contribution is -2.40. The molecule has 8 nitrogen and oxygen atoms in total. The molecule has 13 heteroatoms. The molecule has 1 fully saturated rings. The molecule has 0 N–H and O–H groups in total. The average molecular weight is 606 g/mol. The third-order valence-electron chi connectivity index (χ3n) is 7.27. The largest absolute Gasteiger partial charge is 0.443 e. The van der Waals surface area contributed by atoms with E-state index in [-0.39, 0.29) is 58.4 Å². The van der Waals surface area contributed by atoms with E-state index in [4.69, 9.17) is 4.42 Å². The molecule has 4 heterocycles. The second kappa shape index (κ2) is 11.1. The summed E-state index contributed by atoms with van der Waals surface area (Å²) in [6, 6.07) is 7.20. The molecule has 0 unspecified atom stereocenters. The molecule has 4 aromatic rings. The molecule has 1 atom stereocenters. The summed E-state index contributed by atoms with van der Waals surface area (Å²) < 4.78 is 87.3. The van der Waals surface area contributed by atoms with E-state index in [0.717, 1.165) is 28.7 Å². The van der Waals surface area contributed by atoms with Crippen molar-refractivity contribution in [1.29, 1.82) is 0 Å². The van der Waals surface area contributed by atoms with Crippen molar-refractivity contribution in [2.24, 2.45) is 0 Å². The first-order chi connectivity index (χ1) is 19.8. The SMILES string of the molecule is CC(C)n1cc(CCC(=O)[C@@H]2CCCN2S(=O)(=O)c2cc3cc(F)ccc3o2)cc(-c2ccc(C(F)(F)F)nc2)c1=O. The lowest BCUT2D eigenvalue weighted by atomic mass is 10.0. The monoisotopic (exact) mass is 605 g/mol. The second-order valence-corrected chi connectivity index (χ2v) is 12.3. The predicted molar refractivity (Wildman–Crippen MR) is 146 cm³/mol. The normalized spacial score (nSPS) is 16.5. The number of aromatic nitrogens is 2. The highest BCUT2D eigenvalue weighted by Gasteiger charge is 2.40. The first-order valence-corrected chi connectivity index (χ1v) is 14.7. The van der Waals surface area contributed by atoms with Crippen LogP contribution in [-0.4, -0.2) is 40.6 Å². The number of sulfonamides is 1. The number of fused-ring (bicyclic) bond motifs is 1. The van der Waals surface area contributed by atoms with Crippen LogP contribution in [0.1, 0.15) is 50.4 Å². The number of Topliss-reactive ketones (excluding diaryl/α,β-unsaturated/α-hetero) is 1. The van der Waals surface area contributed by atoms with Crippen LogP contribution in [0.4, 0.5) is 17.6 Å². The number of aryl methyl sites for hydroxylation is 1. The Hall–Kier alpha value is -3.84. The third kappa shape index (κ3) is 5.75. The van der Waals surface area contributed by atoms with Gasteiger partial charge >= 0.3 is 6.18 Å². The number of benzene rings is 1. The molecule has 0 radical (unpaired) electrons. The standard InChI is InChI=1S/C29H27F4N3O5S/c1-17(2)35-16-18(12-22(28(35)38)19-6-10-26(34-15-19)29(31,32)33)5-8-24(37)23-4-3-11-36(23)42(39,40)27-14-20-13-21(30)7-9-25(20)41-27/h6-7,9-10,12-17,23H,3-5,8,11H2,1-2H3/t23-/m0/s1. The van der Waals surface area contributed by atoms with E-state index in [1.54, 1.807) is 20.0 Å². The van der Waals surface area contributed by atoms with Gasteiger partial charge in [0.25, 0.3) is 15.6 Å². The molecular weight excluding hydrogens is 578 g/mol. The van der Waals surface area contributed by atoms with Gasteiger partial charge < -0.3 is 8.98 Å². The van der Waals surface area contributed by atoms with Gasteiger partial charge in [-0.3, -0.25) is 14.6 Å². The number of carbonyl (C=O) groups is 1. The molecule has 1 aromatic carbocycles. The Morgan fingerprint density at radius 2 is 1.90 bits per heavy atom. The van der Waals surface area contributed by atoms with Crippen molar-refractivity contribution in [2.75, 3.05) is 6.54 Å². The maximum Gasteiger partial charge on any atom is 0.433 e. The van der Waals surface area contributed by atoms with Gasteiger partial charge in [0.05, 0.1) is 6.04 Å². The average Bonchev–Trinajstić information content (AvgIpc) is 3.60. The van der Waals surface area contributed by atoms with E-state index >= 15 is 0 Å². The van der Waals surface area contributed by atoms with E-state index in [0.29, 0.717) is 18.4 Å². The number of halogens is 4. The summed E-state index contributed by atoms with van der Waals surface area (Å²) in [5, 5.41) is -0.0865. The van der Waals surface area contributed by atoms with Crippen molar-refractivity contribution in [3.63, 3.8) is 0 Å². The van der Waals surface area contributed by atoms with Gasteiger partial charge in [0.2, 0.25) is 5.09 Å². The lowest BCUT2D eigenvalue weighted by molar-refractivity contribution is -0.141. The number of rotatable bonds is 8. The van der Waals surface area contributed by atoms with Crippen molar-refractivity contribution < 1.29 is 35.2 Å². The molecule has 0 bridgehead atoms. The minimum absolute atomic E-state index is 0.0387. The zero-order chi connectivity index (χ0) is 30.4. The van der Waals surface area contributed by atoms with Crippen LogP contribution in [0.15, 0.2) is 69.2 Å². The van der Waals surface area contributed by atoms with E-state index in [2.05, 4.69) is 4.98 Å². The number of alkyl halides is 3. The van der Waals surface area contributed by atoms with Crippen molar-refractivity contribution in [1.82, 2.24) is 13.9 Å². The number of hydrogen-bond donors (Lipinski definition) is 0. The molecular formula is C29H27F4N3O5S. The van der Waals surface area contributed by atoms with Gasteiger partial charge in [-0.05, 0) is 69.0 Å². The summed E-state index contributed by atoms with van der Waals surface area (Å²) in [6.45, 7) is 3.67. The van der Waals surface area contributed by atoms with Crippen LogP contribution in [-0.2, 0) is 27.4 Å². The van der Waals surface area contributed by atoms with Crippen molar-refractivity contribution in [2.45, 2.75) is 62.9 Å². The Morgan fingerprint density at radius 3 is 2.57 bits per heavy atom. The van der Waals surface area contributed by atoms with Gasteiger partial charge in [-0.25, -0.2) is 12.8 Å². The number of nitrogens with zero attached hydrogens (tertiary/aromatic N) is 3. The highest BCUT2D eigenvalue weighted by molar-refractivity contribution is 7.89. The molecule has 1 aliphatic rings. The third-order valence-corrected chi connectivity index (χ3v) is 9.04. The number of ketones is 1. The maximum absolute atomic E-state index is 13.6. The maximum atomic E-state index is 13.6. The van der Waals surface area contributed by atoms with Crippen molar-refractivity contribution in [3.8, 4) is 11.1 Å². The first-order valence-electron chi connectivity index (χ1n) is 13.3. The van der Waals surface area contributed by atoms with E-state index < -0.39 is 39.3 Å². The van der Waals surface area contributed by atoms with Gasteiger partial charge in [0.15, 0.2) is 5.78 Å². The zero-order valence-corrected chi connectivity index (χ0v) is 23.5. The van der Waals surface area contributed by atoms with E-state index in [1.165, 1.54) is 28.8 Å². The van der Waals surface area contributed by atoms with Crippen LogP contribution >= 0.6 is 0 Å². The molecule has 3 aromatic heterocycles. The second-order valence-electron chi connectivity index (χ2n) is 10.5. The molecule has 0 saturated carbocycles. The van der Waals surface area contributed by atoms with Crippen LogP contribution in [0.3, 0.4) is 0 Å². The summed E-state index contributed by atoms with van der Waals surface area (Å²) in [5.41, 5.74) is -0.367. The number of furan rings is 1. The van der Waals surface area contributed by atoms with Gasteiger partial charge in [0, 0.05) is 54.0 Å². The quantitative estimate of drug-likeness (QED) is 0.237. The number of carbonyl (C=O) groups excluding carboxylic acids is 1. The predicted octanol–water partition coefficient (Wildman–Crippen LogP) is 5.75. The molecule has 42 heavy (non-hydrogen) atoms. The Bertz CT molecular complexity index is 1810. The van der Waals surface area contributed by atoms with Crippen molar-refractivity contribution in [3.05, 3.63) is 82.3 Å². The van der Waals surface area contributed by atoms with E-state index in [9.17, 15) is 35.6 Å². The fourth-order valence-corrected chi connectivity index (χ4v) is 6.75. The minimum atomic E-state index is -4.62. The fourth-order valence-electron chi connectivity index (χ4n) is 5.13. The molecule has 0 amide bonds. The number of hydrogen-bond acceptors (Lipinski definition) is 6. The summed E-state index contributed by atoms with van der Waals surface area (Å²) in [6.07, 6.45) is -1.12. The highest BCUT2D eigenvalue weighted by Crippen LogP contribution is 2.32. The summed E-state index contributed by atoms with van der Waals surface area (Å²) in [7, 11) is -4.18. The van der Waals surface area contributed by atoms with Crippen LogP contribution in [0, 0.1) is 5.82 Å².